The first-order valence-electron chi connectivity index (χ1n) is 7.85. The minimum Gasteiger partial charge on any atom is -0.269 e. The Bertz CT molecular complexity index is 367. The topological polar surface area (TPSA) is 17.8 Å². The third kappa shape index (κ3) is 4.52. The fourth-order valence-corrected chi connectivity index (χ4v) is 3.03. The van der Waals surface area contributed by atoms with Gasteiger partial charge in [-0.15, -0.1) is 11.6 Å². The first-order chi connectivity index (χ1) is 9.16. The number of aromatic nitrogens is 2. The standard InChI is InChI=1S/C16H27ClN2/c1-13(2)16(17)10-6-7-14-11-12-19(18-14)15-8-4-3-5-9-15/h11-13,15-16H,3-10H2,1-2H3. The van der Waals surface area contributed by atoms with Crippen molar-refractivity contribution in [1.82, 2.24) is 9.78 Å². The fourth-order valence-electron chi connectivity index (χ4n) is 2.87. The van der Waals surface area contributed by atoms with Gasteiger partial charge in [-0.25, -0.2) is 0 Å². The largest absolute Gasteiger partial charge is 0.269 e. The van der Waals surface area contributed by atoms with Crippen molar-refractivity contribution in [2.75, 3.05) is 0 Å². The summed E-state index contributed by atoms with van der Waals surface area (Å²) in [6.45, 7) is 4.38. The zero-order valence-electron chi connectivity index (χ0n) is 12.3. The van der Waals surface area contributed by atoms with Crippen LogP contribution in [-0.2, 0) is 6.42 Å². The van der Waals surface area contributed by atoms with Gasteiger partial charge in [0.25, 0.3) is 0 Å². The van der Waals surface area contributed by atoms with Gasteiger partial charge in [-0.3, -0.25) is 4.68 Å². The molecule has 2 rings (SSSR count). The molecule has 2 nitrogen and oxygen atoms in total. The average molecular weight is 283 g/mol. The molecule has 0 radical (unpaired) electrons. The molecular formula is C16H27ClN2. The molecule has 0 aliphatic heterocycles. The van der Waals surface area contributed by atoms with Gasteiger partial charge in [-0.05, 0) is 44.1 Å². The summed E-state index contributed by atoms with van der Waals surface area (Å²) in [7, 11) is 0. The molecular weight excluding hydrogens is 256 g/mol. The van der Waals surface area contributed by atoms with Gasteiger partial charge < -0.3 is 0 Å². The van der Waals surface area contributed by atoms with Crippen LogP contribution in [0, 0.1) is 5.92 Å². The summed E-state index contributed by atoms with van der Waals surface area (Å²) in [4.78, 5) is 0. The van der Waals surface area contributed by atoms with Crippen LogP contribution in [0.5, 0.6) is 0 Å². The lowest BCUT2D eigenvalue weighted by Crippen LogP contribution is -2.13. The van der Waals surface area contributed by atoms with Crippen molar-refractivity contribution in [3.05, 3.63) is 18.0 Å². The Labute approximate surface area is 122 Å². The lowest BCUT2D eigenvalue weighted by molar-refractivity contribution is 0.328. The molecule has 1 atom stereocenters. The molecule has 0 saturated heterocycles. The van der Waals surface area contributed by atoms with Gasteiger partial charge in [0.05, 0.1) is 11.7 Å². The molecule has 0 aromatic carbocycles. The number of nitrogens with zero attached hydrogens (tertiary/aromatic N) is 2. The number of alkyl halides is 1. The van der Waals surface area contributed by atoms with E-state index in [2.05, 4.69) is 30.8 Å². The summed E-state index contributed by atoms with van der Waals surface area (Å²) >= 11 is 6.28. The minimum absolute atomic E-state index is 0.306. The number of halogens is 1. The molecule has 1 unspecified atom stereocenters. The van der Waals surface area contributed by atoms with Crippen molar-refractivity contribution in [3.63, 3.8) is 0 Å². The quantitative estimate of drug-likeness (QED) is 0.673. The van der Waals surface area contributed by atoms with Crippen LogP contribution in [0.15, 0.2) is 12.3 Å². The Morgan fingerprint density at radius 1 is 1.32 bits per heavy atom. The third-order valence-corrected chi connectivity index (χ3v) is 4.97. The van der Waals surface area contributed by atoms with Gasteiger partial charge in [0.1, 0.15) is 0 Å². The second kappa shape index (κ2) is 7.33. The van der Waals surface area contributed by atoms with Crippen LogP contribution >= 0.6 is 11.6 Å². The maximum absolute atomic E-state index is 6.28. The van der Waals surface area contributed by atoms with E-state index in [1.165, 1.54) is 37.8 Å². The van der Waals surface area contributed by atoms with Gasteiger partial charge in [0, 0.05) is 11.6 Å². The average Bonchev–Trinajstić information content (AvgIpc) is 2.88. The summed E-state index contributed by atoms with van der Waals surface area (Å²) in [6.07, 6.45) is 12.2. The molecule has 108 valence electrons. The van der Waals surface area contributed by atoms with Crippen molar-refractivity contribution in [1.29, 1.82) is 0 Å². The SMILES string of the molecule is CC(C)C(Cl)CCCc1ccn(C2CCCCC2)n1. The maximum atomic E-state index is 6.28. The van der Waals surface area contributed by atoms with Crippen LogP contribution in [0.3, 0.4) is 0 Å². The van der Waals surface area contributed by atoms with E-state index >= 15 is 0 Å². The fraction of sp³-hybridized carbons (Fsp3) is 0.812. The lowest BCUT2D eigenvalue weighted by Gasteiger charge is -2.21. The van der Waals surface area contributed by atoms with Crippen molar-refractivity contribution < 1.29 is 0 Å². The molecule has 0 spiro atoms. The van der Waals surface area contributed by atoms with E-state index in [9.17, 15) is 0 Å². The smallest absolute Gasteiger partial charge is 0.0624 e. The molecule has 0 N–H and O–H groups in total. The van der Waals surface area contributed by atoms with Gasteiger partial charge >= 0.3 is 0 Å². The van der Waals surface area contributed by atoms with Crippen molar-refractivity contribution in [3.8, 4) is 0 Å². The maximum Gasteiger partial charge on any atom is 0.0624 e. The molecule has 0 amide bonds. The minimum atomic E-state index is 0.306. The molecule has 1 aromatic heterocycles. The molecule has 1 aliphatic rings. The Morgan fingerprint density at radius 2 is 2.05 bits per heavy atom. The highest BCUT2D eigenvalue weighted by Crippen LogP contribution is 2.27. The number of hydrogen-bond acceptors (Lipinski definition) is 1. The molecule has 19 heavy (non-hydrogen) atoms. The van der Waals surface area contributed by atoms with Crippen molar-refractivity contribution >= 4 is 11.6 Å². The summed E-state index contributed by atoms with van der Waals surface area (Å²) in [5.41, 5.74) is 1.23. The van der Waals surface area contributed by atoms with Gasteiger partial charge in [0.2, 0.25) is 0 Å². The molecule has 1 saturated carbocycles. The van der Waals surface area contributed by atoms with Crippen LogP contribution in [0.1, 0.15) is 70.5 Å². The number of rotatable bonds is 6. The number of hydrogen-bond donors (Lipinski definition) is 0. The van der Waals surface area contributed by atoms with E-state index in [1.54, 1.807) is 0 Å². The zero-order valence-corrected chi connectivity index (χ0v) is 13.1. The van der Waals surface area contributed by atoms with E-state index in [1.807, 2.05) is 0 Å². The first kappa shape index (κ1) is 14.9. The van der Waals surface area contributed by atoms with Gasteiger partial charge in [0.15, 0.2) is 0 Å². The Balaban J connectivity index is 1.77. The normalized spacial score (nSPS) is 18.9. The van der Waals surface area contributed by atoms with Crippen LogP contribution in [-0.4, -0.2) is 15.2 Å². The lowest BCUT2D eigenvalue weighted by atomic mass is 9.96. The summed E-state index contributed by atoms with van der Waals surface area (Å²) < 4.78 is 2.20. The van der Waals surface area contributed by atoms with Gasteiger partial charge in [-0.1, -0.05) is 33.1 Å². The van der Waals surface area contributed by atoms with Crippen LogP contribution < -0.4 is 0 Å². The van der Waals surface area contributed by atoms with E-state index in [4.69, 9.17) is 16.7 Å². The molecule has 1 heterocycles. The molecule has 3 heteroatoms. The molecule has 1 aromatic rings. The summed E-state index contributed by atoms with van der Waals surface area (Å²) in [5, 5.41) is 5.06. The summed E-state index contributed by atoms with van der Waals surface area (Å²) in [6, 6.07) is 2.84. The van der Waals surface area contributed by atoms with E-state index in [0.29, 0.717) is 17.3 Å². The highest BCUT2D eigenvalue weighted by atomic mass is 35.5. The van der Waals surface area contributed by atoms with E-state index in [0.717, 1.165) is 19.3 Å². The van der Waals surface area contributed by atoms with Crippen molar-refractivity contribution in [2.24, 2.45) is 5.92 Å². The first-order valence-corrected chi connectivity index (χ1v) is 8.28. The number of aryl methyl sites for hydroxylation is 1. The predicted octanol–water partition coefficient (Wildman–Crippen LogP) is 4.97. The Morgan fingerprint density at radius 3 is 2.74 bits per heavy atom. The Kier molecular flexibility index (Phi) is 5.75. The molecule has 0 bridgehead atoms. The monoisotopic (exact) mass is 282 g/mol. The third-order valence-electron chi connectivity index (χ3n) is 4.25. The second-order valence-electron chi connectivity index (χ2n) is 6.23. The zero-order chi connectivity index (χ0) is 13.7. The van der Waals surface area contributed by atoms with Crippen LogP contribution in [0.25, 0.3) is 0 Å². The predicted molar refractivity (Wildman–Crippen MR) is 81.8 cm³/mol. The van der Waals surface area contributed by atoms with Gasteiger partial charge in [-0.2, -0.15) is 5.10 Å². The van der Waals surface area contributed by atoms with E-state index < -0.39 is 0 Å². The van der Waals surface area contributed by atoms with Crippen molar-refractivity contribution in [2.45, 2.75) is 76.6 Å². The second-order valence-corrected chi connectivity index (χ2v) is 6.79. The van der Waals surface area contributed by atoms with E-state index in [-0.39, 0.29) is 0 Å². The highest BCUT2D eigenvalue weighted by Gasteiger charge is 2.16. The Hall–Kier alpha value is -0.500. The molecule has 1 aliphatic carbocycles. The van der Waals surface area contributed by atoms with Crippen LogP contribution in [0.4, 0.5) is 0 Å². The molecule has 1 fully saturated rings. The highest BCUT2D eigenvalue weighted by molar-refractivity contribution is 6.20. The summed E-state index contributed by atoms with van der Waals surface area (Å²) in [5.74, 6) is 0.571. The van der Waals surface area contributed by atoms with Crippen LogP contribution in [0.2, 0.25) is 0 Å².